The fraction of sp³-hybridized carbons (Fsp3) is 0.391. The Morgan fingerprint density at radius 3 is 2.59 bits per heavy atom. The fourth-order valence-corrected chi connectivity index (χ4v) is 3.27. The van der Waals surface area contributed by atoms with Crippen molar-refractivity contribution in [2.45, 2.75) is 27.2 Å². The maximum Gasteiger partial charge on any atom is 0.332 e. The van der Waals surface area contributed by atoms with Crippen LogP contribution in [-0.2, 0) is 0 Å². The number of anilines is 2. The topological polar surface area (TPSA) is 109 Å². The van der Waals surface area contributed by atoms with Gasteiger partial charge in [0.05, 0.1) is 16.8 Å². The average Bonchev–Trinajstić information content (AvgIpc) is 2.79. The Morgan fingerprint density at radius 1 is 1.19 bits per heavy atom. The fourth-order valence-electron chi connectivity index (χ4n) is 3.27. The molecule has 8 nitrogen and oxygen atoms in total. The largest absolute Gasteiger partial charge is 0.396 e. The molecular formula is C23H28FN5O3. The number of rotatable bonds is 6. The number of hydrogen-bond donors (Lipinski definition) is 2. The van der Waals surface area contributed by atoms with Crippen molar-refractivity contribution in [3.05, 3.63) is 53.5 Å². The van der Waals surface area contributed by atoms with Crippen molar-refractivity contribution in [3.63, 3.8) is 0 Å². The van der Waals surface area contributed by atoms with Gasteiger partial charge in [0, 0.05) is 25.8 Å². The molecular weight excluding hydrogens is 413 g/mol. The molecule has 0 aliphatic carbocycles. The van der Waals surface area contributed by atoms with Gasteiger partial charge in [-0.2, -0.15) is 0 Å². The summed E-state index contributed by atoms with van der Waals surface area (Å²) in [5.74, 6) is -0.490. The van der Waals surface area contributed by atoms with Crippen molar-refractivity contribution in [3.8, 4) is 0 Å². The van der Waals surface area contributed by atoms with Gasteiger partial charge in [0.1, 0.15) is 11.6 Å². The highest BCUT2D eigenvalue weighted by atomic mass is 19.1. The molecule has 2 aromatic rings. The number of halogens is 1. The number of nitrogen functional groups attached to an aromatic ring is 1. The maximum atomic E-state index is 13.8. The van der Waals surface area contributed by atoms with Crippen molar-refractivity contribution < 1.29 is 18.8 Å². The number of nitrogens with one attached hydrogen (secondary N) is 1. The van der Waals surface area contributed by atoms with E-state index in [2.05, 4.69) is 31.1 Å². The van der Waals surface area contributed by atoms with Crippen LogP contribution in [0.2, 0.25) is 0 Å². The van der Waals surface area contributed by atoms with Crippen LogP contribution in [0.3, 0.4) is 0 Å². The van der Waals surface area contributed by atoms with Crippen LogP contribution in [0.25, 0.3) is 0 Å². The lowest BCUT2D eigenvalue weighted by Gasteiger charge is -2.33. The number of nitrogens with zero attached hydrogens (tertiary/aromatic N) is 3. The van der Waals surface area contributed by atoms with Crippen molar-refractivity contribution >= 4 is 29.4 Å². The SMILES string of the molecule is CC(C)C(C)CNC(=O)c1ccc(N2CCCN(C(=O)c3cccc(F)c3N)C2=O)nc1. The number of imide groups is 1. The summed E-state index contributed by atoms with van der Waals surface area (Å²) in [6, 6.07) is 6.51. The van der Waals surface area contributed by atoms with Gasteiger partial charge in [-0.3, -0.25) is 19.4 Å². The maximum absolute atomic E-state index is 13.8. The molecule has 1 aliphatic rings. The molecule has 1 aliphatic heterocycles. The molecule has 1 fully saturated rings. The number of nitrogens with two attached hydrogens (primary N) is 1. The first-order valence-electron chi connectivity index (χ1n) is 10.6. The second kappa shape index (κ2) is 9.76. The highest BCUT2D eigenvalue weighted by Gasteiger charge is 2.33. The first-order chi connectivity index (χ1) is 15.2. The first kappa shape index (κ1) is 23.2. The molecule has 1 atom stereocenters. The smallest absolute Gasteiger partial charge is 0.332 e. The number of carbonyl (C=O) groups excluding carboxylic acids is 3. The third kappa shape index (κ3) is 4.87. The molecule has 3 N–H and O–H groups in total. The molecule has 0 spiro atoms. The van der Waals surface area contributed by atoms with Gasteiger partial charge in [-0.1, -0.05) is 26.8 Å². The predicted octanol–water partition coefficient (Wildman–Crippen LogP) is 3.30. The number of hydrogen-bond acceptors (Lipinski definition) is 5. The van der Waals surface area contributed by atoms with Gasteiger partial charge in [-0.05, 0) is 42.5 Å². The van der Waals surface area contributed by atoms with E-state index in [1.165, 1.54) is 23.2 Å². The highest BCUT2D eigenvalue weighted by Crippen LogP contribution is 2.23. The van der Waals surface area contributed by atoms with Gasteiger partial charge in [0.15, 0.2) is 0 Å². The number of aromatic nitrogens is 1. The number of carbonyl (C=O) groups is 3. The number of urea groups is 1. The van der Waals surface area contributed by atoms with Crippen LogP contribution in [0.1, 0.15) is 47.9 Å². The van der Waals surface area contributed by atoms with E-state index in [1.807, 2.05) is 0 Å². The van der Waals surface area contributed by atoms with E-state index in [0.717, 1.165) is 11.0 Å². The highest BCUT2D eigenvalue weighted by molar-refractivity contribution is 6.11. The van der Waals surface area contributed by atoms with E-state index in [9.17, 15) is 18.8 Å². The zero-order valence-electron chi connectivity index (χ0n) is 18.5. The summed E-state index contributed by atoms with van der Waals surface area (Å²) in [4.78, 5) is 44.8. The molecule has 0 radical (unpaired) electrons. The standard InChI is InChI=1S/C23H28FN5O3/c1-14(2)15(3)12-27-21(30)16-8-9-19(26-13-16)28-10-5-11-29(23(28)32)22(31)17-6-4-7-18(24)20(17)25/h4,6-9,13-15H,5,10-12,25H2,1-3H3,(H,27,30). The Balaban J connectivity index is 1.71. The molecule has 32 heavy (non-hydrogen) atoms. The van der Waals surface area contributed by atoms with Crippen LogP contribution in [0.5, 0.6) is 0 Å². The lowest BCUT2D eigenvalue weighted by atomic mass is 9.98. The third-order valence-corrected chi connectivity index (χ3v) is 5.76. The molecule has 9 heteroatoms. The molecule has 0 saturated carbocycles. The average molecular weight is 442 g/mol. The van der Waals surface area contributed by atoms with Gasteiger partial charge < -0.3 is 11.1 Å². The van der Waals surface area contributed by atoms with Crippen molar-refractivity contribution in [1.82, 2.24) is 15.2 Å². The minimum absolute atomic E-state index is 0.0594. The van der Waals surface area contributed by atoms with Gasteiger partial charge in [0.2, 0.25) is 0 Å². The van der Waals surface area contributed by atoms with E-state index in [1.54, 1.807) is 12.1 Å². The third-order valence-electron chi connectivity index (χ3n) is 5.76. The summed E-state index contributed by atoms with van der Waals surface area (Å²) < 4.78 is 13.8. The van der Waals surface area contributed by atoms with E-state index < -0.39 is 17.8 Å². The van der Waals surface area contributed by atoms with E-state index in [-0.39, 0.29) is 23.7 Å². The molecule has 1 unspecified atom stereocenters. The van der Waals surface area contributed by atoms with Crippen LogP contribution in [0.15, 0.2) is 36.5 Å². The lowest BCUT2D eigenvalue weighted by Crippen LogP contribution is -2.52. The van der Waals surface area contributed by atoms with Crippen LogP contribution in [-0.4, -0.2) is 47.4 Å². The zero-order valence-corrected chi connectivity index (χ0v) is 18.5. The van der Waals surface area contributed by atoms with Gasteiger partial charge in [0.25, 0.3) is 11.8 Å². The lowest BCUT2D eigenvalue weighted by molar-refractivity contribution is 0.0793. The molecule has 3 rings (SSSR count). The van der Waals surface area contributed by atoms with Crippen molar-refractivity contribution in [2.24, 2.45) is 11.8 Å². The minimum Gasteiger partial charge on any atom is -0.396 e. The van der Waals surface area contributed by atoms with E-state index in [0.29, 0.717) is 42.7 Å². The van der Waals surface area contributed by atoms with Crippen LogP contribution in [0, 0.1) is 17.7 Å². The second-order valence-electron chi connectivity index (χ2n) is 8.28. The zero-order chi connectivity index (χ0) is 23.4. The Bertz CT molecular complexity index is 1010. The molecule has 170 valence electrons. The summed E-state index contributed by atoms with van der Waals surface area (Å²) >= 11 is 0. The molecule has 1 saturated heterocycles. The normalized spacial score (nSPS) is 15.1. The Kier molecular flexibility index (Phi) is 7.07. The molecule has 2 heterocycles. The Hall–Kier alpha value is -3.49. The monoisotopic (exact) mass is 441 g/mol. The van der Waals surface area contributed by atoms with Gasteiger partial charge in [-0.15, -0.1) is 0 Å². The molecule has 0 bridgehead atoms. The molecule has 1 aromatic heterocycles. The summed E-state index contributed by atoms with van der Waals surface area (Å²) in [7, 11) is 0. The minimum atomic E-state index is -0.713. The molecule has 1 aromatic carbocycles. The summed E-state index contributed by atoms with van der Waals surface area (Å²) in [6.07, 6.45) is 1.92. The predicted molar refractivity (Wildman–Crippen MR) is 120 cm³/mol. The van der Waals surface area contributed by atoms with Gasteiger partial charge >= 0.3 is 6.03 Å². The number of amides is 4. The van der Waals surface area contributed by atoms with E-state index >= 15 is 0 Å². The first-order valence-corrected chi connectivity index (χ1v) is 10.6. The van der Waals surface area contributed by atoms with E-state index in [4.69, 9.17) is 5.73 Å². The number of pyridine rings is 1. The van der Waals surface area contributed by atoms with Crippen molar-refractivity contribution in [1.29, 1.82) is 0 Å². The van der Waals surface area contributed by atoms with Crippen LogP contribution < -0.4 is 16.0 Å². The summed E-state index contributed by atoms with van der Waals surface area (Å²) in [5.41, 5.74) is 5.72. The number of para-hydroxylation sites is 1. The second-order valence-corrected chi connectivity index (χ2v) is 8.28. The quantitative estimate of drug-likeness (QED) is 0.669. The summed E-state index contributed by atoms with van der Waals surface area (Å²) in [5, 5.41) is 2.88. The summed E-state index contributed by atoms with van der Waals surface area (Å²) in [6.45, 7) is 7.38. The van der Waals surface area contributed by atoms with Crippen LogP contribution in [0.4, 0.5) is 20.7 Å². The Labute approximate surface area is 186 Å². The van der Waals surface area contributed by atoms with Gasteiger partial charge in [-0.25, -0.2) is 14.2 Å². The van der Waals surface area contributed by atoms with Crippen LogP contribution >= 0.6 is 0 Å². The van der Waals surface area contributed by atoms with Crippen molar-refractivity contribution in [2.75, 3.05) is 30.3 Å². The molecule has 4 amide bonds. The number of benzene rings is 1. The Morgan fingerprint density at radius 2 is 1.94 bits per heavy atom.